The molecule has 5 nitrogen and oxygen atoms in total. The Hall–Kier alpha value is -1.56. The molecular formula is C14H20N2O3S. The minimum atomic E-state index is -0.288. The molecular weight excluding hydrogens is 276 g/mol. The lowest BCUT2D eigenvalue weighted by Gasteiger charge is -2.31. The molecule has 1 aromatic heterocycles. The number of nitrogens with one attached hydrogen (secondary N) is 1. The maximum absolute atomic E-state index is 12.0. The third-order valence-corrected chi connectivity index (χ3v) is 4.42. The quantitative estimate of drug-likeness (QED) is 0.927. The average molecular weight is 296 g/mol. The number of hydrogen-bond donors (Lipinski definition) is 1. The molecule has 0 aromatic carbocycles. The molecule has 0 unspecified atom stereocenters. The lowest BCUT2D eigenvalue weighted by atomic mass is 10.1. The Morgan fingerprint density at radius 1 is 1.40 bits per heavy atom. The van der Waals surface area contributed by atoms with Gasteiger partial charge >= 0.3 is 6.09 Å². The van der Waals surface area contributed by atoms with Gasteiger partial charge in [-0.2, -0.15) is 0 Å². The van der Waals surface area contributed by atoms with Gasteiger partial charge in [-0.15, -0.1) is 11.3 Å². The minimum Gasteiger partial charge on any atom is -0.453 e. The molecule has 0 atom stereocenters. The fraction of sp³-hybridized carbons (Fsp3) is 0.571. The molecule has 1 N–H and O–H groups in total. The zero-order valence-corrected chi connectivity index (χ0v) is 12.7. The summed E-state index contributed by atoms with van der Waals surface area (Å²) in [5.41, 5.74) is 0. The summed E-state index contributed by atoms with van der Waals surface area (Å²) in [7, 11) is 1.39. The summed E-state index contributed by atoms with van der Waals surface area (Å²) < 4.78 is 4.69. The zero-order chi connectivity index (χ0) is 14.5. The average Bonchev–Trinajstić information content (AvgIpc) is 2.84. The van der Waals surface area contributed by atoms with Crippen LogP contribution < -0.4 is 5.32 Å². The van der Waals surface area contributed by atoms with Gasteiger partial charge < -0.3 is 15.0 Å². The van der Waals surface area contributed by atoms with Crippen LogP contribution in [-0.4, -0.2) is 43.1 Å². The lowest BCUT2D eigenvalue weighted by Crippen LogP contribution is -2.46. The molecule has 0 spiro atoms. The first-order valence-corrected chi connectivity index (χ1v) is 7.57. The molecule has 110 valence electrons. The summed E-state index contributed by atoms with van der Waals surface area (Å²) in [5, 5.41) is 3.04. The van der Waals surface area contributed by atoms with Crippen LogP contribution in [0.2, 0.25) is 0 Å². The van der Waals surface area contributed by atoms with Crippen molar-refractivity contribution in [3.05, 3.63) is 21.9 Å². The van der Waals surface area contributed by atoms with Gasteiger partial charge in [-0.1, -0.05) is 0 Å². The Kier molecular flexibility index (Phi) is 5.00. The number of carbonyl (C=O) groups excluding carboxylic acids is 2. The SMILES string of the molecule is COC(=O)N1CCC(NC(=O)Cc2ccc(C)s2)CC1. The molecule has 2 rings (SSSR count). The van der Waals surface area contributed by atoms with Crippen molar-refractivity contribution in [1.29, 1.82) is 0 Å². The number of amides is 2. The van der Waals surface area contributed by atoms with Crippen LogP contribution in [0.5, 0.6) is 0 Å². The Bertz CT molecular complexity index is 479. The second kappa shape index (κ2) is 6.74. The predicted molar refractivity (Wildman–Crippen MR) is 77.9 cm³/mol. The number of ether oxygens (including phenoxy) is 1. The third-order valence-electron chi connectivity index (χ3n) is 3.42. The minimum absolute atomic E-state index is 0.0587. The second-order valence-electron chi connectivity index (χ2n) is 4.99. The molecule has 1 fully saturated rings. The van der Waals surface area contributed by atoms with Crippen molar-refractivity contribution >= 4 is 23.3 Å². The molecule has 0 radical (unpaired) electrons. The van der Waals surface area contributed by atoms with Crippen LogP contribution in [0.1, 0.15) is 22.6 Å². The molecule has 1 aliphatic rings. The van der Waals surface area contributed by atoms with E-state index in [4.69, 9.17) is 0 Å². The molecule has 0 saturated carbocycles. The summed E-state index contributed by atoms with van der Waals surface area (Å²) in [4.78, 5) is 27.3. The van der Waals surface area contributed by atoms with Crippen LogP contribution in [0.3, 0.4) is 0 Å². The number of hydrogen-bond acceptors (Lipinski definition) is 4. The first-order valence-electron chi connectivity index (χ1n) is 6.76. The van der Waals surface area contributed by atoms with E-state index in [0.29, 0.717) is 19.5 Å². The summed E-state index contributed by atoms with van der Waals surface area (Å²) in [5.74, 6) is 0.0587. The monoisotopic (exact) mass is 296 g/mol. The number of piperidine rings is 1. The van der Waals surface area contributed by atoms with Crippen LogP contribution in [0, 0.1) is 6.92 Å². The van der Waals surface area contributed by atoms with Gasteiger partial charge in [-0.25, -0.2) is 4.79 Å². The van der Waals surface area contributed by atoms with Crippen LogP contribution in [0.4, 0.5) is 4.79 Å². The highest BCUT2D eigenvalue weighted by Crippen LogP contribution is 2.16. The van der Waals surface area contributed by atoms with Crippen molar-refractivity contribution in [3.8, 4) is 0 Å². The van der Waals surface area contributed by atoms with Gasteiger partial charge in [0.05, 0.1) is 13.5 Å². The molecule has 20 heavy (non-hydrogen) atoms. The molecule has 1 aliphatic heterocycles. The van der Waals surface area contributed by atoms with E-state index in [0.717, 1.165) is 17.7 Å². The van der Waals surface area contributed by atoms with E-state index in [-0.39, 0.29) is 18.0 Å². The van der Waals surface area contributed by atoms with E-state index in [2.05, 4.69) is 10.1 Å². The summed E-state index contributed by atoms with van der Waals surface area (Å²) >= 11 is 1.66. The van der Waals surface area contributed by atoms with Gasteiger partial charge in [0.1, 0.15) is 0 Å². The van der Waals surface area contributed by atoms with E-state index in [9.17, 15) is 9.59 Å². The van der Waals surface area contributed by atoms with E-state index in [1.165, 1.54) is 12.0 Å². The number of carbonyl (C=O) groups is 2. The van der Waals surface area contributed by atoms with Gasteiger partial charge in [-0.05, 0) is 31.9 Å². The third kappa shape index (κ3) is 3.96. The molecule has 1 saturated heterocycles. The Balaban J connectivity index is 1.75. The van der Waals surface area contributed by atoms with E-state index >= 15 is 0 Å². The van der Waals surface area contributed by atoms with Gasteiger partial charge in [-0.3, -0.25) is 4.79 Å². The Labute approximate surface area is 122 Å². The highest BCUT2D eigenvalue weighted by molar-refractivity contribution is 7.12. The summed E-state index contributed by atoms with van der Waals surface area (Å²) in [6, 6.07) is 4.19. The predicted octanol–water partition coefficient (Wildman–Crippen LogP) is 1.95. The first kappa shape index (κ1) is 14.8. The summed E-state index contributed by atoms with van der Waals surface area (Å²) in [6.07, 6.45) is 1.72. The number of rotatable bonds is 3. The van der Waals surface area contributed by atoms with Crippen molar-refractivity contribution in [3.63, 3.8) is 0 Å². The Morgan fingerprint density at radius 3 is 2.65 bits per heavy atom. The normalized spacial score (nSPS) is 16.0. The lowest BCUT2D eigenvalue weighted by molar-refractivity contribution is -0.121. The highest BCUT2D eigenvalue weighted by atomic mass is 32.1. The van der Waals surface area contributed by atoms with E-state index < -0.39 is 0 Å². The van der Waals surface area contributed by atoms with Crippen molar-refractivity contribution < 1.29 is 14.3 Å². The maximum Gasteiger partial charge on any atom is 0.409 e. The van der Waals surface area contributed by atoms with Gasteiger partial charge in [0.15, 0.2) is 0 Å². The van der Waals surface area contributed by atoms with Crippen LogP contribution in [0.25, 0.3) is 0 Å². The van der Waals surface area contributed by atoms with Crippen molar-refractivity contribution in [2.45, 2.75) is 32.2 Å². The zero-order valence-electron chi connectivity index (χ0n) is 11.8. The number of likely N-dealkylation sites (tertiary alicyclic amines) is 1. The smallest absolute Gasteiger partial charge is 0.409 e. The maximum atomic E-state index is 12.0. The topological polar surface area (TPSA) is 58.6 Å². The fourth-order valence-electron chi connectivity index (χ4n) is 2.35. The number of thiophene rings is 1. The number of aryl methyl sites for hydroxylation is 1. The molecule has 0 bridgehead atoms. The van der Waals surface area contributed by atoms with Gasteiger partial charge in [0, 0.05) is 28.9 Å². The molecule has 1 aromatic rings. The molecule has 2 heterocycles. The molecule has 6 heteroatoms. The highest BCUT2D eigenvalue weighted by Gasteiger charge is 2.24. The number of nitrogens with zero attached hydrogens (tertiary/aromatic N) is 1. The standard InChI is InChI=1S/C14H20N2O3S/c1-10-3-4-12(20-10)9-13(17)15-11-5-7-16(8-6-11)14(18)19-2/h3-4,11H,5-9H2,1-2H3,(H,15,17). The van der Waals surface area contributed by atoms with Crippen molar-refractivity contribution in [2.75, 3.05) is 20.2 Å². The van der Waals surface area contributed by atoms with Crippen LogP contribution in [0.15, 0.2) is 12.1 Å². The fourth-order valence-corrected chi connectivity index (χ4v) is 3.24. The van der Waals surface area contributed by atoms with Crippen molar-refractivity contribution in [2.24, 2.45) is 0 Å². The van der Waals surface area contributed by atoms with Gasteiger partial charge in [0.25, 0.3) is 0 Å². The van der Waals surface area contributed by atoms with Crippen LogP contribution in [-0.2, 0) is 16.0 Å². The molecule has 0 aliphatic carbocycles. The van der Waals surface area contributed by atoms with E-state index in [1.54, 1.807) is 16.2 Å². The van der Waals surface area contributed by atoms with Crippen molar-refractivity contribution in [1.82, 2.24) is 10.2 Å². The molecule has 2 amide bonds. The van der Waals surface area contributed by atoms with E-state index in [1.807, 2.05) is 19.1 Å². The Morgan fingerprint density at radius 2 is 2.10 bits per heavy atom. The summed E-state index contributed by atoms with van der Waals surface area (Å²) in [6.45, 7) is 3.31. The van der Waals surface area contributed by atoms with Gasteiger partial charge in [0.2, 0.25) is 5.91 Å². The van der Waals surface area contributed by atoms with Crippen LogP contribution >= 0.6 is 11.3 Å². The first-order chi connectivity index (χ1) is 9.58. The number of methoxy groups -OCH3 is 1. The second-order valence-corrected chi connectivity index (χ2v) is 6.36. The largest absolute Gasteiger partial charge is 0.453 e.